The van der Waals surface area contributed by atoms with E-state index in [9.17, 15) is 5.11 Å². The van der Waals surface area contributed by atoms with Crippen molar-refractivity contribution in [3.8, 4) is 0 Å². The van der Waals surface area contributed by atoms with E-state index in [0.717, 1.165) is 37.0 Å². The van der Waals surface area contributed by atoms with Crippen molar-refractivity contribution >= 4 is 0 Å². The maximum Gasteiger partial charge on any atom is 0.0650 e. The number of rotatable bonds is 2. The number of aliphatic hydroxyl groups is 1. The van der Waals surface area contributed by atoms with Crippen molar-refractivity contribution in [2.24, 2.45) is 23.2 Å². The second kappa shape index (κ2) is 4.51. The fourth-order valence-electron chi connectivity index (χ4n) is 5.04. The molecule has 4 unspecified atom stereocenters. The Morgan fingerprint density at radius 1 is 1.00 bits per heavy atom. The van der Waals surface area contributed by atoms with E-state index in [-0.39, 0.29) is 5.60 Å². The Labute approximate surface area is 112 Å². The smallest absolute Gasteiger partial charge is 0.0650 e. The first-order chi connectivity index (χ1) is 8.46. The van der Waals surface area contributed by atoms with Crippen LogP contribution in [0.2, 0.25) is 0 Å². The molecule has 1 heteroatoms. The molecule has 0 radical (unpaired) electrons. The molecule has 3 aliphatic rings. The highest BCUT2D eigenvalue weighted by atomic mass is 16.3. The van der Waals surface area contributed by atoms with Gasteiger partial charge in [0, 0.05) is 0 Å². The molecule has 0 aromatic heterocycles. The molecule has 2 bridgehead atoms. The average Bonchev–Trinajstić information content (AvgIpc) is 2.85. The molecule has 1 nitrogen and oxygen atoms in total. The Morgan fingerprint density at radius 3 is 2.50 bits per heavy atom. The molecule has 0 aromatic carbocycles. The van der Waals surface area contributed by atoms with Crippen LogP contribution in [0.25, 0.3) is 0 Å². The fraction of sp³-hybridized carbons (Fsp3) is 1.00. The molecular formula is C17H30O. The van der Waals surface area contributed by atoms with Crippen molar-refractivity contribution in [1.29, 1.82) is 0 Å². The van der Waals surface area contributed by atoms with Crippen LogP contribution >= 0.6 is 0 Å². The molecule has 0 aliphatic heterocycles. The molecule has 0 spiro atoms. The average molecular weight is 250 g/mol. The van der Waals surface area contributed by atoms with Crippen LogP contribution in [-0.4, -0.2) is 10.7 Å². The summed E-state index contributed by atoms with van der Waals surface area (Å²) in [6.45, 7) is 4.74. The van der Waals surface area contributed by atoms with Crippen LogP contribution < -0.4 is 0 Å². The van der Waals surface area contributed by atoms with Crippen molar-refractivity contribution in [1.82, 2.24) is 0 Å². The van der Waals surface area contributed by atoms with Crippen molar-refractivity contribution in [2.75, 3.05) is 0 Å². The van der Waals surface area contributed by atoms with Gasteiger partial charge in [0.25, 0.3) is 0 Å². The summed E-state index contributed by atoms with van der Waals surface area (Å²) in [5, 5.41) is 11.0. The van der Waals surface area contributed by atoms with Gasteiger partial charge in [0.15, 0.2) is 0 Å². The SMILES string of the molecule is CC1(C)CCCC(O)(CC2CC3CCC2C3)CC1. The van der Waals surface area contributed by atoms with Gasteiger partial charge in [-0.15, -0.1) is 0 Å². The van der Waals surface area contributed by atoms with Gasteiger partial charge in [0.2, 0.25) is 0 Å². The summed E-state index contributed by atoms with van der Waals surface area (Å²) in [6.07, 6.45) is 12.8. The van der Waals surface area contributed by atoms with Gasteiger partial charge in [-0.05, 0) is 74.5 Å². The molecule has 18 heavy (non-hydrogen) atoms. The Balaban J connectivity index is 1.61. The summed E-state index contributed by atoms with van der Waals surface area (Å²) in [6, 6.07) is 0. The lowest BCUT2D eigenvalue weighted by Gasteiger charge is -2.33. The van der Waals surface area contributed by atoms with E-state index < -0.39 is 0 Å². The van der Waals surface area contributed by atoms with Crippen LogP contribution in [0, 0.1) is 23.2 Å². The molecule has 3 rings (SSSR count). The summed E-state index contributed by atoms with van der Waals surface area (Å²) >= 11 is 0. The molecular weight excluding hydrogens is 220 g/mol. The van der Waals surface area contributed by atoms with Crippen molar-refractivity contribution in [3.05, 3.63) is 0 Å². The zero-order valence-electron chi connectivity index (χ0n) is 12.3. The predicted octanol–water partition coefficient (Wildman–Crippen LogP) is 4.53. The summed E-state index contributed by atoms with van der Waals surface area (Å²) in [5.41, 5.74) is 0.141. The third-order valence-corrected chi connectivity index (χ3v) is 6.29. The highest BCUT2D eigenvalue weighted by Gasteiger charge is 2.44. The Hall–Kier alpha value is -0.0400. The molecule has 3 saturated carbocycles. The monoisotopic (exact) mass is 250 g/mol. The van der Waals surface area contributed by atoms with Gasteiger partial charge in [-0.1, -0.05) is 26.7 Å². The van der Waals surface area contributed by atoms with Gasteiger partial charge < -0.3 is 5.11 Å². The van der Waals surface area contributed by atoms with Crippen LogP contribution in [-0.2, 0) is 0 Å². The lowest BCUT2D eigenvalue weighted by atomic mass is 9.77. The largest absolute Gasteiger partial charge is 0.390 e. The van der Waals surface area contributed by atoms with Crippen LogP contribution in [0.3, 0.4) is 0 Å². The molecule has 0 saturated heterocycles. The van der Waals surface area contributed by atoms with Crippen molar-refractivity contribution < 1.29 is 5.11 Å². The highest BCUT2D eigenvalue weighted by Crippen LogP contribution is 2.52. The molecule has 0 amide bonds. The molecule has 3 aliphatic carbocycles. The molecule has 4 atom stereocenters. The first-order valence-electron chi connectivity index (χ1n) is 8.18. The van der Waals surface area contributed by atoms with E-state index in [4.69, 9.17) is 0 Å². The van der Waals surface area contributed by atoms with Gasteiger partial charge in [-0.2, -0.15) is 0 Å². The van der Waals surface area contributed by atoms with Gasteiger partial charge >= 0.3 is 0 Å². The van der Waals surface area contributed by atoms with Gasteiger partial charge in [-0.3, -0.25) is 0 Å². The third-order valence-electron chi connectivity index (χ3n) is 6.29. The van der Waals surface area contributed by atoms with E-state index in [2.05, 4.69) is 13.8 Å². The quantitative estimate of drug-likeness (QED) is 0.714. The Morgan fingerprint density at radius 2 is 1.83 bits per heavy atom. The lowest BCUT2D eigenvalue weighted by Crippen LogP contribution is -2.32. The zero-order chi connectivity index (χ0) is 12.8. The van der Waals surface area contributed by atoms with E-state index in [1.165, 1.54) is 44.9 Å². The minimum Gasteiger partial charge on any atom is -0.390 e. The number of fused-ring (bicyclic) bond motifs is 2. The van der Waals surface area contributed by atoms with Crippen LogP contribution in [0.1, 0.15) is 78.1 Å². The minimum absolute atomic E-state index is 0.317. The highest BCUT2D eigenvalue weighted by molar-refractivity contribution is 4.95. The molecule has 0 aromatic rings. The molecule has 0 heterocycles. The minimum atomic E-state index is -0.317. The van der Waals surface area contributed by atoms with Gasteiger partial charge in [0.05, 0.1) is 5.60 Å². The first kappa shape index (κ1) is 13.0. The van der Waals surface area contributed by atoms with E-state index in [1.807, 2.05) is 0 Å². The fourth-order valence-corrected chi connectivity index (χ4v) is 5.04. The maximum absolute atomic E-state index is 11.0. The lowest BCUT2D eigenvalue weighted by molar-refractivity contribution is -0.00853. The summed E-state index contributed by atoms with van der Waals surface area (Å²) in [7, 11) is 0. The third kappa shape index (κ3) is 2.61. The first-order valence-corrected chi connectivity index (χ1v) is 8.18. The number of hydrogen-bond donors (Lipinski definition) is 1. The Kier molecular flexibility index (Phi) is 3.25. The topological polar surface area (TPSA) is 20.2 Å². The van der Waals surface area contributed by atoms with E-state index >= 15 is 0 Å². The molecule has 1 N–H and O–H groups in total. The van der Waals surface area contributed by atoms with Crippen LogP contribution in [0.15, 0.2) is 0 Å². The van der Waals surface area contributed by atoms with Crippen LogP contribution in [0.4, 0.5) is 0 Å². The van der Waals surface area contributed by atoms with Gasteiger partial charge in [-0.25, -0.2) is 0 Å². The van der Waals surface area contributed by atoms with E-state index in [0.29, 0.717) is 5.41 Å². The summed E-state index contributed by atoms with van der Waals surface area (Å²) in [4.78, 5) is 0. The zero-order valence-corrected chi connectivity index (χ0v) is 12.3. The normalized spacial score (nSPS) is 47.2. The van der Waals surface area contributed by atoms with E-state index in [1.54, 1.807) is 0 Å². The van der Waals surface area contributed by atoms with Gasteiger partial charge in [0.1, 0.15) is 0 Å². The van der Waals surface area contributed by atoms with Crippen molar-refractivity contribution in [2.45, 2.75) is 83.7 Å². The summed E-state index contributed by atoms with van der Waals surface area (Å²) < 4.78 is 0. The van der Waals surface area contributed by atoms with Crippen molar-refractivity contribution in [3.63, 3.8) is 0 Å². The maximum atomic E-state index is 11.0. The predicted molar refractivity (Wildman–Crippen MR) is 75.4 cm³/mol. The number of hydrogen-bond acceptors (Lipinski definition) is 1. The molecule has 3 fully saturated rings. The second-order valence-corrected chi connectivity index (χ2v) is 8.38. The van der Waals surface area contributed by atoms with Crippen LogP contribution in [0.5, 0.6) is 0 Å². The standard InChI is InChI=1S/C17H30O/c1-16(2)6-3-7-17(18,9-8-16)12-15-11-13-4-5-14(15)10-13/h13-15,18H,3-12H2,1-2H3. The molecule has 104 valence electrons. The second-order valence-electron chi connectivity index (χ2n) is 8.38. The Bertz CT molecular complexity index is 309. The summed E-state index contributed by atoms with van der Waals surface area (Å²) in [5.74, 6) is 2.84.